The molecule has 0 radical (unpaired) electrons. The topological polar surface area (TPSA) is 66.8 Å². The van der Waals surface area contributed by atoms with Gasteiger partial charge in [-0.05, 0) is 18.1 Å². The van der Waals surface area contributed by atoms with Crippen LogP contribution >= 0.6 is 0 Å². The average molecular weight is 269 g/mol. The number of carboxylic acid groups (broad SMARTS) is 1. The summed E-state index contributed by atoms with van der Waals surface area (Å²) in [5.41, 5.74) is 0.372. The molecular weight excluding hydrogens is 253 g/mol. The Kier molecular flexibility index (Phi) is 5.29. The molecule has 5 nitrogen and oxygen atoms in total. The molecule has 1 rings (SSSR count). The van der Waals surface area contributed by atoms with Crippen LogP contribution in [0.15, 0.2) is 18.2 Å². The van der Waals surface area contributed by atoms with Crippen LogP contribution in [-0.2, 0) is 16.0 Å². The number of likely N-dealkylation sites (N-methyl/N-ethyl adjacent to an activating group) is 1. The van der Waals surface area contributed by atoms with Crippen LogP contribution in [0.25, 0.3) is 0 Å². The van der Waals surface area contributed by atoms with Gasteiger partial charge < -0.3 is 14.7 Å². The third-order valence-corrected chi connectivity index (χ3v) is 2.67. The second-order valence-corrected chi connectivity index (χ2v) is 4.08. The first kappa shape index (κ1) is 14.9. The quantitative estimate of drug-likeness (QED) is 0.845. The molecule has 0 heterocycles. The monoisotopic (exact) mass is 269 g/mol. The Morgan fingerprint density at radius 3 is 2.68 bits per heavy atom. The van der Waals surface area contributed by atoms with Gasteiger partial charge in [-0.15, -0.1) is 0 Å². The van der Waals surface area contributed by atoms with Crippen molar-refractivity contribution >= 4 is 11.9 Å². The maximum atomic E-state index is 13.8. The molecule has 19 heavy (non-hydrogen) atoms. The molecule has 1 N–H and O–H groups in total. The number of amides is 1. The van der Waals surface area contributed by atoms with Crippen molar-refractivity contribution in [2.75, 3.05) is 20.7 Å². The zero-order chi connectivity index (χ0) is 14.4. The summed E-state index contributed by atoms with van der Waals surface area (Å²) < 4.78 is 18.6. The van der Waals surface area contributed by atoms with E-state index in [1.807, 2.05) is 0 Å². The van der Waals surface area contributed by atoms with Crippen LogP contribution in [0.5, 0.6) is 5.75 Å². The van der Waals surface area contributed by atoms with Crippen LogP contribution in [0.2, 0.25) is 0 Å². The van der Waals surface area contributed by atoms with Crippen molar-refractivity contribution in [2.24, 2.45) is 0 Å². The number of aliphatic carboxylic acids is 1. The first-order chi connectivity index (χ1) is 8.95. The van der Waals surface area contributed by atoms with E-state index in [9.17, 15) is 14.0 Å². The van der Waals surface area contributed by atoms with E-state index in [1.165, 1.54) is 20.2 Å². The summed E-state index contributed by atoms with van der Waals surface area (Å²) in [7, 11) is 2.77. The first-order valence-electron chi connectivity index (χ1n) is 5.72. The number of methoxy groups -OCH3 is 1. The van der Waals surface area contributed by atoms with Crippen LogP contribution in [0.4, 0.5) is 4.39 Å². The number of carbonyl (C=O) groups excluding carboxylic acids is 1. The number of carboxylic acids is 1. The average Bonchev–Trinajstić information content (AvgIpc) is 2.36. The summed E-state index contributed by atoms with van der Waals surface area (Å²) in [4.78, 5) is 23.2. The van der Waals surface area contributed by atoms with Crippen LogP contribution in [-0.4, -0.2) is 42.6 Å². The highest BCUT2D eigenvalue weighted by Gasteiger charge is 2.14. The Morgan fingerprint density at radius 2 is 2.11 bits per heavy atom. The molecule has 0 aliphatic rings. The first-order valence-corrected chi connectivity index (χ1v) is 5.72. The van der Waals surface area contributed by atoms with Crippen LogP contribution in [0, 0.1) is 5.82 Å². The van der Waals surface area contributed by atoms with E-state index >= 15 is 0 Å². The Hall–Kier alpha value is -2.11. The summed E-state index contributed by atoms with van der Waals surface area (Å²) in [6, 6.07) is 4.71. The van der Waals surface area contributed by atoms with Gasteiger partial charge in [0.1, 0.15) is 6.54 Å². The number of nitrogens with zero attached hydrogens (tertiary/aromatic N) is 1. The molecule has 6 heteroatoms. The van der Waals surface area contributed by atoms with Gasteiger partial charge in [0.25, 0.3) is 0 Å². The number of carbonyl (C=O) groups is 2. The lowest BCUT2D eigenvalue weighted by Crippen LogP contribution is -2.32. The molecule has 1 amide bonds. The number of hydrogen-bond donors (Lipinski definition) is 1. The smallest absolute Gasteiger partial charge is 0.323 e. The lowest BCUT2D eigenvalue weighted by Gasteiger charge is -2.14. The van der Waals surface area contributed by atoms with Crippen molar-refractivity contribution in [3.63, 3.8) is 0 Å². The molecule has 0 atom stereocenters. The summed E-state index contributed by atoms with van der Waals surface area (Å²) in [5, 5.41) is 8.56. The van der Waals surface area contributed by atoms with Crippen molar-refractivity contribution in [3.05, 3.63) is 29.6 Å². The zero-order valence-corrected chi connectivity index (χ0v) is 10.9. The molecule has 0 spiro atoms. The van der Waals surface area contributed by atoms with Crippen molar-refractivity contribution < 1.29 is 23.8 Å². The third kappa shape index (κ3) is 4.24. The fourth-order valence-corrected chi connectivity index (χ4v) is 1.63. The highest BCUT2D eigenvalue weighted by molar-refractivity contribution is 5.81. The number of benzene rings is 1. The maximum Gasteiger partial charge on any atom is 0.323 e. The van der Waals surface area contributed by atoms with Crippen LogP contribution < -0.4 is 4.74 Å². The zero-order valence-electron chi connectivity index (χ0n) is 10.9. The second-order valence-electron chi connectivity index (χ2n) is 4.08. The van der Waals surface area contributed by atoms with Crippen molar-refractivity contribution in [3.8, 4) is 5.75 Å². The van der Waals surface area contributed by atoms with Crippen LogP contribution in [0.1, 0.15) is 12.0 Å². The van der Waals surface area contributed by atoms with Crippen molar-refractivity contribution in [1.82, 2.24) is 4.90 Å². The van der Waals surface area contributed by atoms with E-state index in [0.717, 1.165) is 4.90 Å². The predicted octanol–water partition coefficient (Wildman–Crippen LogP) is 1.31. The predicted molar refractivity (Wildman–Crippen MR) is 66.5 cm³/mol. The molecule has 0 aromatic heterocycles. The molecule has 0 fully saturated rings. The number of hydrogen-bond acceptors (Lipinski definition) is 3. The lowest BCUT2D eigenvalue weighted by molar-refractivity contribution is -0.143. The molecular formula is C13H16FNO4. The van der Waals surface area contributed by atoms with E-state index in [4.69, 9.17) is 9.84 Å². The fourth-order valence-electron chi connectivity index (χ4n) is 1.63. The minimum atomic E-state index is -1.08. The normalized spacial score (nSPS) is 10.1. The summed E-state index contributed by atoms with van der Waals surface area (Å²) in [6.07, 6.45) is 0.250. The molecule has 0 saturated carbocycles. The molecule has 1 aromatic rings. The molecule has 0 aliphatic carbocycles. The SMILES string of the molecule is COc1cccc(CCC(=O)N(C)CC(=O)O)c1F. The second kappa shape index (κ2) is 6.72. The highest BCUT2D eigenvalue weighted by atomic mass is 19.1. The van der Waals surface area contributed by atoms with E-state index < -0.39 is 11.8 Å². The molecule has 0 aliphatic heterocycles. The lowest BCUT2D eigenvalue weighted by atomic mass is 10.1. The summed E-state index contributed by atoms with van der Waals surface area (Å²) in [5.74, 6) is -1.78. The van der Waals surface area contributed by atoms with Gasteiger partial charge >= 0.3 is 5.97 Å². The third-order valence-electron chi connectivity index (χ3n) is 2.67. The molecule has 0 bridgehead atoms. The number of aryl methyl sites for hydroxylation is 1. The number of ether oxygens (including phenoxy) is 1. The molecule has 104 valence electrons. The summed E-state index contributed by atoms with van der Waals surface area (Å²) in [6.45, 7) is -0.362. The van der Waals surface area contributed by atoms with Crippen molar-refractivity contribution in [2.45, 2.75) is 12.8 Å². The van der Waals surface area contributed by atoms with Gasteiger partial charge in [-0.3, -0.25) is 9.59 Å². The van der Waals surface area contributed by atoms with Gasteiger partial charge in [0.05, 0.1) is 7.11 Å². The fraction of sp³-hybridized carbons (Fsp3) is 0.385. The Balaban J connectivity index is 2.62. The van der Waals surface area contributed by atoms with Gasteiger partial charge in [-0.2, -0.15) is 0 Å². The minimum Gasteiger partial charge on any atom is -0.494 e. The van der Waals surface area contributed by atoms with Gasteiger partial charge in [-0.25, -0.2) is 4.39 Å². The Morgan fingerprint density at radius 1 is 1.42 bits per heavy atom. The van der Waals surface area contributed by atoms with Gasteiger partial charge in [0.2, 0.25) is 5.91 Å². The van der Waals surface area contributed by atoms with E-state index in [2.05, 4.69) is 0 Å². The summed E-state index contributed by atoms with van der Waals surface area (Å²) >= 11 is 0. The standard InChI is InChI=1S/C13H16FNO4/c1-15(8-12(17)18)11(16)7-6-9-4-3-5-10(19-2)13(9)14/h3-5H,6-8H2,1-2H3,(H,17,18). The maximum absolute atomic E-state index is 13.8. The van der Waals surface area contributed by atoms with E-state index in [1.54, 1.807) is 12.1 Å². The van der Waals surface area contributed by atoms with Crippen molar-refractivity contribution in [1.29, 1.82) is 0 Å². The van der Waals surface area contributed by atoms with E-state index in [0.29, 0.717) is 5.56 Å². The van der Waals surface area contributed by atoms with Gasteiger partial charge in [0.15, 0.2) is 11.6 Å². The molecule has 0 saturated heterocycles. The van der Waals surface area contributed by atoms with E-state index in [-0.39, 0.29) is 31.0 Å². The number of rotatable bonds is 6. The molecule has 0 unspecified atom stereocenters. The number of halogens is 1. The largest absolute Gasteiger partial charge is 0.494 e. The Labute approximate surface area is 110 Å². The van der Waals surface area contributed by atoms with Crippen LogP contribution in [0.3, 0.4) is 0 Å². The van der Waals surface area contributed by atoms with Gasteiger partial charge in [0, 0.05) is 13.5 Å². The van der Waals surface area contributed by atoms with Gasteiger partial charge in [-0.1, -0.05) is 12.1 Å². The minimum absolute atomic E-state index is 0.0495. The Bertz CT molecular complexity index is 476. The molecule has 1 aromatic carbocycles. The highest BCUT2D eigenvalue weighted by Crippen LogP contribution is 2.21.